The van der Waals surface area contributed by atoms with Gasteiger partial charge in [0.2, 0.25) is 5.91 Å². The zero-order valence-corrected chi connectivity index (χ0v) is 8.63. The van der Waals surface area contributed by atoms with Gasteiger partial charge in [-0.3, -0.25) is 4.79 Å². The van der Waals surface area contributed by atoms with Crippen molar-refractivity contribution in [1.29, 1.82) is 5.26 Å². The van der Waals surface area contributed by atoms with Gasteiger partial charge in [0.05, 0.1) is 6.07 Å². The van der Waals surface area contributed by atoms with Gasteiger partial charge in [0.15, 0.2) is 0 Å². The van der Waals surface area contributed by atoms with Crippen molar-refractivity contribution < 1.29 is 4.79 Å². The van der Waals surface area contributed by atoms with Crippen LogP contribution in [0.2, 0.25) is 0 Å². The molecule has 1 atom stereocenters. The number of carbonyl (C=O) groups is 1. The summed E-state index contributed by atoms with van der Waals surface area (Å²) in [5, 5.41) is 11.4. The largest absolute Gasteiger partial charge is 0.340 e. The first-order valence-electron chi connectivity index (χ1n) is 4.89. The van der Waals surface area contributed by atoms with Crippen LogP contribution in [0.25, 0.3) is 0 Å². The normalized spacial score (nSPS) is 12.2. The molecular formula is C10H18N2O. The number of hydrogen-bond donors (Lipinski definition) is 1. The van der Waals surface area contributed by atoms with Gasteiger partial charge in [-0.2, -0.15) is 5.26 Å². The van der Waals surface area contributed by atoms with Crippen molar-refractivity contribution >= 4 is 5.91 Å². The summed E-state index contributed by atoms with van der Waals surface area (Å²) in [6, 6.07) is 1.73. The Kier molecular flexibility index (Phi) is 5.96. The van der Waals surface area contributed by atoms with Crippen LogP contribution in [0.3, 0.4) is 0 Å². The molecule has 74 valence electrons. The van der Waals surface area contributed by atoms with Crippen LogP contribution in [0.15, 0.2) is 0 Å². The Morgan fingerprint density at radius 3 is 2.15 bits per heavy atom. The molecule has 1 unspecified atom stereocenters. The van der Waals surface area contributed by atoms with Gasteiger partial charge in [0.1, 0.15) is 6.04 Å². The van der Waals surface area contributed by atoms with Crippen LogP contribution >= 0.6 is 0 Å². The molecule has 0 heterocycles. The molecule has 0 bridgehead atoms. The molecule has 0 aromatic rings. The van der Waals surface area contributed by atoms with Gasteiger partial charge >= 0.3 is 0 Å². The lowest BCUT2D eigenvalue weighted by Gasteiger charge is -2.15. The Labute approximate surface area is 80.1 Å². The summed E-state index contributed by atoms with van der Waals surface area (Å²) in [7, 11) is 0. The number of rotatable bonds is 5. The van der Waals surface area contributed by atoms with E-state index in [4.69, 9.17) is 5.26 Å². The fraction of sp³-hybridized carbons (Fsp3) is 0.800. The maximum absolute atomic E-state index is 11.5. The minimum Gasteiger partial charge on any atom is -0.340 e. The van der Waals surface area contributed by atoms with Gasteiger partial charge in [-0.25, -0.2) is 0 Å². The second kappa shape index (κ2) is 6.47. The van der Waals surface area contributed by atoms with Gasteiger partial charge in [0, 0.05) is 5.92 Å². The molecule has 0 radical (unpaired) electrons. The highest BCUT2D eigenvalue weighted by molar-refractivity contribution is 5.79. The lowest BCUT2D eigenvalue weighted by atomic mass is 10.0. The standard InChI is InChI=1S/C10H18N2O/c1-4-8(5-2)10(13)12-9(6-3)7-11/h8-9H,4-6H2,1-3H3,(H,12,13). The summed E-state index contributed by atoms with van der Waals surface area (Å²) in [5.74, 6) is 0.0702. The number of carbonyl (C=O) groups excluding carboxylic acids is 1. The second-order valence-electron chi connectivity index (χ2n) is 3.11. The van der Waals surface area contributed by atoms with E-state index in [1.54, 1.807) is 0 Å². The van der Waals surface area contributed by atoms with Crippen LogP contribution in [0.4, 0.5) is 0 Å². The number of nitriles is 1. The number of hydrogen-bond acceptors (Lipinski definition) is 2. The summed E-state index contributed by atoms with van der Waals surface area (Å²) in [6.45, 7) is 5.86. The van der Waals surface area contributed by atoms with Crippen LogP contribution in [0.5, 0.6) is 0 Å². The molecule has 0 aliphatic heterocycles. The third-order valence-corrected chi connectivity index (χ3v) is 2.24. The number of nitrogens with one attached hydrogen (secondary N) is 1. The van der Waals surface area contributed by atoms with E-state index in [0.29, 0.717) is 6.42 Å². The molecule has 0 aliphatic carbocycles. The van der Waals surface area contributed by atoms with Crippen LogP contribution in [0.1, 0.15) is 40.0 Å². The van der Waals surface area contributed by atoms with E-state index < -0.39 is 0 Å². The smallest absolute Gasteiger partial charge is 0.224 e. The van der Waals surface area contributed by atoms with Gasteiger partial charge in [-0.1, -0.05) is 20.8 Å². The third kappa shape index (κ3) is 3.93. The van der Waals surface area contributed by atoms with Crippen molar-refractivity contribution in [2.75, 3.05) is 0 Å². The van der Waals surface area contributed by atoms with Crippen molar-refractivity contribution in [2.45, 2.75) is 46.1 Å². The Morgan fingerprint density at radius 2 is 1.85 bits per heavy atom. The van der Waals surface area contributed by atoms with Crippen LogP contribution in [0, 0.1) is 17.2 Å². The van der Waals surface area contributed by atoms with Gasteiger partial charge < -0.3 is 5.32 Å². The van der Waals surface area contributed by atoms with Crippen molar-refractivity contribution in [3.8, 4) is 6.07 Å². The predicted molar refractivity (Wildman–Crippen MR) is 51.9 cm³/mol. The van der Waals surface area contributed by atoms with E-state index in [9.17, 15) is 4.79 Å². The highest BCUT2D eigenvalue weighted by Gasteiger charge is 2.16. The summed E-state index contributed by atoms with van der Waals surface area (Å²) in [4.78, 5) is 11.5. The molecule has 3 heteroatoms. The summed E-state index contributed by atoms with van der Waals surface area (Å²) in [6.07, 6.45) is 2.34. The molecule has 0 rings (SSSR count). The first-order valence-corrected chi connectivity index (χ1v) is 4.89. The fourth-order valence-corrected chi connectivity index (χ4v) is 1.17. The van der Waals surface area contributed by atoms with E-state index in [1.807, 2.05) is 20.8 Å². The van der Waals surface area contributed by atoms with Crippen LogP contribution in [-0.2, 0) is 4.79 Å². The van der Waals surface area contributed by atoms with Crippen LogP contribution in [-0.4, -0.2) is 11.9 Å². The minimum absolute atomic E-state index is 0.0124. The quantitative estimate of drug-likeness (QED) is 0.705. The maximum Gasteiger partial charge on any atom is 0.224 e. The molecule has 0 saturated carbocycles. The molecule has 0 aromatic heterocycles. The molecule has 1 N–H and O–H groups in total. The van der Waals surface area contributed by atoms with Crippen molar-refractivity contribution in [3.63, 3.8) is 0 Å². The second-order valence-corrected chi connectivity index (χ2v) is 3.11. The molecule has 0 aliphatic rings. The van der Waals surface area contributed by atoms with Crippen LogP contribution < -0.4 is 5.32 Å². The van der Waals surface area contributed by atoms with E-state index in [0.717, 1.165) is 12.8 Å². The molecule has 13 heavy (non-hydrogen) atoms. The average molecular weight is 182 g/mol. The lowest BCUT2D eigenvalue weighted by Crippen LogP contribution is -2.37. The lowest BCUT2D eigenvalue weighted by molar-refractivity contribution is -0.125. The topological polar surface area (TPSA) is 52.9 Å². The van der Waals surface area contributed by atoms with E-state index in [2.05, 4.69) is 11.4 Å². The molecular weight excluding hydrogens is 164 g/mol. The highest BCUT2D eigenvalue weighted by Crippen LogP contribution is 2.07. The number of amides is 1. The van der Waals surface area contributed by atoms with E-state index >= 15 is 0 Å². The summed E-state index contributed by atoms with van der Waals surface area (Å²) >= 11 is 0. The monoisotopic (exact) mass is 182 g/mol. The highest BCUT2D eigenvalue weighted by atomic mass is 16.1. The Hall–Kier alpha value is -1.04. The summed E-state index contributed by atoms with van der Waals surface area (Å²) < 4.78 is 0. The van der Waals surface area contributed by atoms with Crippen molar-refractivity contribution in [1.82, 2.24) is 5.32 Å². The molecule has 1 amide bonds. The summed E-state index contributed by atoms with van der Waals surface area (Å²) in [5.41, 5.74) is 0. The Bertz CT molecular complexity index is 192. The molecule has 3 nitrogen and oxygen atoms in total. The van der Waals surface area contributed by atoms with Gasteiger partial charge in [-0.15, -0.1) is 0 Å². The SMILES string of the molecule is CCC(C#N)NC(=O)C(CC)CC. The number of nitrogens with zero attached hydrogens (tertiary/aromatic N) is 1. The van der Waals surface area contributed by atoms with Crippen molar-refractivity contribution in [2.24, 2.45) is 5.92 Å². The van der Waals surface area contributed by atoms with Crippen molar-refractivity contribution in [3.05, 3.63) is 0 Å². The third-order valence-electron chi connectivity index (χ3n) is 2.24. The Balaban J connectivity index is 4.05. The Morgan fingerprint density at radius 1 is 1.31 bits per heavy atom. The van der Waals surface area contributed by atoms with Gasteiger partial charge in [0.25, 0.3) is 0 Å². The fourth-order valence-electron chi connectivity index (χ4n) is 1.17. The van der Waals surface area contributed by atoms with E-state index in [1.165, 1.54) is 0 Å². The first-order chi connectivity index (χ1) is 6.19. The zero-order valence-electron chi connectivity index (χ0n) is 8.63. The zero-order chi connectivity index (χ0) is 10.3. The minimum atomic E-state index is -0.326. The van der Waals surface area contributed by atoms with E-state index in [-0.39, 0.29) is 17.9 Å². The molecule has 0 spiro atoms. The molecule has 0 saturated heterocycles. The van der Waals surface area contributed by atoms with Gasteiger partial charge in [-0.05, 0) is 19.3 Å². The average Bonchev–Trinajstić information content (AvgIpc) is 2.16. The molecule has 0 fully saturated rings. The predicted octanol–water partition coefficient (Wildman–Crippen LogP) is 1.84. The molecule has 0 aromatic carbocycles. The maximum atomic E-state index is 11.5. The first kappa shape index (κ1) is 12.0.